The Bertz CT molecular complexity index is 376. The van der Waals surface area contributed by atoms with Crippen molar-refractivity contribution in [1.29, 1.82) is 0 Å². The molecule has 67 valence electrons. The van der Waals surface area contributed by atoms with Gasteiger partial charge in [-0.05, 0) is 17.7 Å². The van der Waals surface area contributed by atoms with Crippen molar-refractivity contribution in [2.75, 3.05) is 0 Å². The van der Waals surface area contributed by atoms with Gasteiger partial charge in [0.05, 0.1) is 5.69 Å². The van der Waals surface area contributed by atoms with E-state index in [1.165, 1.54) is 0 Å². The van der Waals surface area contributed by atoms with Crippen molar-refractivity contribution in [3.05, 3.63) is 72.6 Å². The molecule has 14 heavy (non-hydrogen) atoms. The standard InChI is InChI=1S/C13H10N/c1-11(12-7-3-2-4-8-12)13-9-5-6-10-14-13/h1-10H. The lowest BCUT2D eigenvalue weighted by atomic mass is 10.0. The highest BCUT2D eigenvalue weighted by Crippen LogP contribution is 2.17. The highest BCUT2D eigenvalue weighted by Gasteiger charge is 2.01. The van der Waals surface area contributed by atoms with Crippen LogP contribution in [-0.4, -0.2) is 4.98 Å². The molecule has 0 spiro atoms. The molecule has 0 saturated carbocycles. The van der Waals surface area contributed by atoms with Crippen LogP contribution in [0.25, 0.3) is 5.57 Å². The average Bonchev–Trinajstić information content (AvgIpc) is 2.30. The average molecular weight is 180 g/mol. The van der Waals surface area contributed by atoms with Gasteiger partial charge in [-0.15, -0.1) is 0 Å². The highest BCUT2D eigenvalue weighted by atomic mass is 14.7. The van der Waals surface area contributed by atoms with E-state index in [4.69, 9.17) is 6.58 Å². The van der Waals surface area contributed by atoms with E-state index in [1.807, 2.05) is 48.5 Å². The maximum atomic E-state index is 5.97. The summed E-state index contributed by atoms with van der Waals surface area (Å²) in [4.78, 5) is 4.19. The Morgan fingerprint density at radius 1 is 0.929 bits per heavy atom. The Hall–Kier alpha value is -1.89. The van der Waals surface area contributed by atoms with Crippen molar-refractivity contribution < 1.29 is 0 Å². The van der Waals surface area contributed by atoms with E-state index in [0.29, 0.717) is 5.57 Å². The molecule has 1 nitrogen and oxygen atoms in total. The lowest BCUT2D eigenvalue weighted by molar-refractivity contribution is 1.27. The van der Waals surface area contributed by atoms with Gasteiger partial charge >= 0.3 is 0 Å². The second-order valence-electron chi connectivity index (χ2n) is 2.99. The van der Waals surface area contributed by atoms with Gasteiger partial charge in [-0.25, -0.2) is 0 Å². The van der Waals surface area contributed by atoms with E-state index in [2.05, 4.69) is 4.98 Å². The minimum atomic E-state index is 0.714. The fourth-order valence-corrected chi connectivity index (χ4v) is 1.29. The molecule has 0 aliphatic carbocycles. The van der Waals surface area contributed by atoms with Gasteiger partial charge < -0.3 is 0 Å². The molecule has 1 radical (unpaired) electrons. The molecule has 1 heterocycles. The second kappa shape index (κ2) is 3.88. The SMILES string of the molecule is [CH]=C(c1ccccc1)c1ccccn1. The summed E-state index contributed by atoms with van der Waals surface area (Å²) in [5.74, 6) is 0. The maximum Gasteiger partial charge on any atom is 0.0707 e. The van der Waals surface area contributed by atoms with Gasteiger partial charge in [0, 0.05) is 11.8 Å². The molecule has 1 heteroatoms. The quantitative estimate of drug-likeness (QED) is 0.692. The molecule has 0 aliphatic heterocycles. The van der Waals surface area contributed by atoms with Gasteiger partial charge in [0.1, 0.15) is 0 Å². The van der Waals surface area contributed by atoms with Crippen LogP contribution in [0.15, 0.2) is 54.7 Å². The van der Waals surface area contributed by atoms with Gasteiger partial charge in [-0.3, -0.25) is 4.98 Å². The molecular formula is C13H10N. The summed E-state index contributed by atoms with van der Waals surface area (Å²) < 4.78 is 0. The fourth-order valence-electron chi connectivity index (χ4n) is 1.29. The number of benzene rings is 1. The Morgan fingerprint density at radius 2 is 1.64 bits per heavy atom. The molecule has 0 atom stereocenters. The van der Waals surface area contributed by atoms with E-state index in [9.17, 15) is 0 Å². The molecule has 0 unspecified atom stereocenters. The predicted molar refractivity (Wildman–Crippen MR) is 57.5 cm³/mol. The molecule has 0 N–H and O–H groups in total. The van der Waals surface area contributed by atoms with E-state index in [1.54, 1.807) is 6.20 Å². The van der Waals surface area contributed by atoms with Crippen LogP contribution < -0.4 is 0 Å². The zero-order valence-electron chi connectivity index (χ0n) is 7.72. The molecule has 0 aliphatic rings. The van der Waals surface area contributed by atoms with Crippen LogP contribution in [0.3, 0.4) is 0 Å². The van der Waals surface area contributed by atoms with E-state index in [-0.39, 0.29) is 0 Å². The molecule has 0 fully saturated rings. The zero-order valence-corrected chi connectivity index (χ0v) is 7.72. The van der Waals surface area contributed by atoms with Gasteiger partial charge in [0.2, 0.25) is 0 Å². The van der Waals surface area contributed by atoms with Gasteiger partial charge in [0.15, 0.2) is 0 Å². The van der Waals surface area contributed by atoms with Crippen molar-refractivity contribution in [2.45, 2.75) is 0 Å². The minimum Gasteiger partial charge on any atom is -0.256 e. The molecule has 1 aromatic carbocycles. The van der Waals surface area contributed by atoms with Crippen molar-refractivity contribution >= 4 is 5.57 Å². The van der Waals surface area contributed by atoms with Crippen LogP contribution in [0.1, 0.15) is 11.3 Å². The van der Waals surface area contributed by atoms with Crippen LogP contribution in [-0.2, 0) is 0 Å². The monoisotopic (exact) mass is 180 g/mol. The van der Waals surface area contributed by atoms with Crippen molar-refractivity contribution in [2.24, 2.45) is 0 Å². The highest BCUT2D eigenvalue weighted by molar-refractivity contribution is 5.74. The minimum absolute atomic E-state index is 0.714. The van der Waals surface area contributed by atoms with Gasteiger partial charge in [0.25, 0.3) is 0 Å². The number of rotatable bonds is 2. The van der Waals surface area contributed by atoms with Gasteiger partial charge in [-0.2, -0.15) is 0 Å². The fraction of sp³-hybridized carbons (Fsp3) is 0. The molecule has 0 saturated heterocycles. The second-order valence-corrected chi connectivity index (χ2v) is 2.99. The topological polar surface area (TPSA) is 12.9 Å². The number of hydrogen-bond acceptors (Lipinski definition) is 1. The van der Waals surface area contributed by atoms with Crippen molar-refractivity contribution in [3.8, 4) is 0 Å². The van der Waals surface area contributed by atoms with Gasteiger partial charge in [-0.1, -0.05) is 43.0 Å². The summed E-state index contributed by atoms with van der Waals surface area (Å²) in [7, 11) is 0. The molecule has 2 aromatic rings. The molecule has 1 aromatic heterocycles. The summed E-state index contributed by atoms with van der Waals surface area (Å²) in [6.45, 7) is 5.97. The molecule has 0 amide bonds. The van der Waals surface area contributed by atoms with Crippen LogP contribution in [0, 0.1) is 6.58 Å². The lowest BCUT2D eigenvalue weighted by Crippen LogP contribution is -1.88. The number of hydrogen-bond donors (Lipinski definition) is 0. The number of nitrogens with zero attached hydrogens (tertiary/aromatic N) is 1. The zero-order chi connectivity index (χ0) is 9.80. The maximum absolute atomic E-state index is 5.97. The summed E-state index contributed by atoms with van der Waals surface area (Å²) in [5.41, 5.74) is 2.54. The number of pyridine rings is 1. The molecular weight excluding hydrogens is 170 g/mol. The Kier molecular flexibility index (Phi) is 2.41. The normalized spacial score (nSPS) is 9.71. The van der Waals surface area contributed by atoms with Crippen molar-refractivity contribution in [1.82, 2.24) is 4.98 Å². The van der Waals surface area contributed by atoms with E-state index in [0.717, 1.165) is 11.3 Å². The third kappa shape index (κ3) is 1.72. The predicted octanol–water partition coefficient (Wildman–Crippen LogP) is 2.95. The molecule has 2 rings (SSSR count). The lowest BCUT2D eigenvalue weighted by Gasteiger charge is -2.03. The Labute approximate surface area is 83.7 Å². The molecule has 0 bridgehead atoms. The third-order valence-corrected chi connectivity index (χ3v) is 2.03. The third-order valence-electron chi connectivity index (χ3n) is 2.03. The van der Waals surface area contributed by atoms with E-state index < -0.39 is 0 Å². The number of aromatic nitrogens is 1. The van der Waals surface area contributed by atoms with Crippen LogP contribution in [0.5, 0.6) is 0 Å². The first-order chi connectivity index (χ1) is 6.88. The first-order valence-corrected chi connectivity index (χ1v) is 4.47. The van der Waals surface area contributed by atoms with E-state index >= 15 is 0 Å². The van der Waals surface area contributed by atoms with Crippen molar-refractivity contribution in [3.63, 3.8) is 0 Å². The summed E-state index contributed by atoms with van der Waals surface area (Å²) in [6.07, 6.45) is 1.74. The van der Waals surface area contributed by atoms with Crippen LogP contribution in [0.4, 0.5) is 0 Å². The Balaban J connectivity index is 2.35. The largest absolute Gasteiger partial charge is 0.256 e. The van der Waals surface area contributed by atoms with Crippen LogP contribution in [0.2, 0.25) is 0 Å². The first-order valence-electron chi connectivity index (χ1n) is 4.47. The smallest absolute Gasteiger partial charge is 0.0707 e. The van der Waals surface area contributed by atoms with Crippen LogP contribution >= 0.6 is 0 Å². The summed E-state index contributed by atoms with van der Waals surface area (Å²) >= 11 is 0. The Morgan fingerprint density at radius 3 is 2.29 bits per heavy atom. The summed E-state index contributed by atoms with van der Waals surface area (Å²) in [6, 6.07) is 15.6. The first kappa shape index (κ1) is 8.70. The summed E-state index contributed by atoms with van der Waals surface area (Å²) in [5, 5.41) is 0.